The van der Waals surface area contributed by atoms with E-state index in [9.17, 15) is 4.39 Å². The standard InChI is InChI=1S/C18H20FN3O2/c1-23-13-2-3-14(15(19)10-13)16-4-5-18(21-20-16)24-17-11-22-8-6-12(17)7-9-22/h2-5,10,12,17H,6-9,11H2,1H3. The third-order valence-electron chi connectivity index (χ3n) is 4.96. The van der Waals surface area contributed by atoms with E-state index in [1.165, 1.54) is 39.1 Å². The van der Waals surface area contributed by atoms with Crippen molar-refractivity contribution >= 4 is 0 Å². The predicted octanol–water partition coefficient (Wildman–Crippen LogP) is 2.76. The zero-order valence-electron chi connectivity index (χ0n) is 13.6. The Morgan fingerprint density at radius 2 is 1.96 bits per heavy atom. The van der Waals surface area contributed by atoms with Crippen molar-refractivity contribution in [2.45, 2.75) is 18.9 Å². The second kappa shape index (κ2) is 6.36. The number of benzene rings is 1. The highest BCUT2D eigenvalue weighted by molar-refractivity contribution is 5.60. The molecule has 4 heterocycles. The molecule has 6 heteroatoms. The van der Waals surface area contributed by atoms with Crippen molar-refractivity contribution in [3.05, 3.63) is 36.1 Å². The monoisotopic (exact) mass is 329 g/mol. The van der Waals surface area contributed by atoms with E-state index >= 15 is 0 Å². The predicted molar refractivity (Wildman–Crippen MR) is 87.6 cm³/mol. The van der Waals surface area contributed by atoms with E-state index in [0.717, 1.165) is 6.54 Å². The highest BCUT2D eigenvalue weighted by atomic mass is 19.1. The van der Waals surface area contributed by atoms with Crippen LogP contribution in [0.5, 0.6) is 11.6 Å². The number of aromatic nitrogens is 2. The first-order chi connectivity index (χ1) is 11.7. The summed E-state index contributed by atoms with van der Waals surface area (Å²) in [5, 5.41) is 8.25. The molecule has 3 aliphatic rings. The Balaban J connectivity index is 1.49. The van der Waals surface area contributed by atoms with Gasteiger partial charge in [-0.15, -0.1) is 10.2 Å². The summed E-state index contributed by atoms with van der Waals surface area (Å²) in [6.45, 7) is 3.30. The fourth-order valence-corrected chi connectivity index (χ4v) is 3.56. The van der Waals surface area contributed by atoms with Gasteiger partial charge in [0.2, 0.25) is 5.88 Å². The summed E-state index contributed by atoms with van der Waals surface area (Å²) < 4.78 is 25.1. The van der Waals surface area contributed by atoms with E-state index in [0.29, 0.717) is 28.8 Å². The number of ether oxygens (including phenoxy) is 2. The Bertz CT molecular complexity index is 715. The molecule has 1 aromatic carbocycles. The summed E-state index contributed by atoms with van der Waals surface area (Å²) in [6.07, 6.45) is 2.56. The first-order valence-electron chi connectivity index (χ1n) is 8.29. The number of rotatable bonds is 4. The van der Waals surface area contributed by atoms with Crippen LogP contribution in [0, 0.1) is 11.7 Å². The van der Waals surface area contributed by atoms with Gasteiger partial charge in [0.1, 0.15) is 17.7 Å². The average molecular weight is 329 g/mol. The maximum absolute atomic E-state index is 14.1. The lowest BCUT2D eigenvalue weighted by Crippen LogP contribution is -2.52. The Labute approximate surface area is 140 Å². The molecule has 5 nitrogen and oxygen atoms in total. The van der Waals surface area contributed by atoms with Crippen LogP contribution in [-0.4, -0.2) is 47.9 Å². The largest absolute Gasteiger partial charge is 0.497 e. The highest BCUT2D eigenvalue weighted by Crippen LogP contribution is 2.30. The molecule has 3 aliphatic heterocycles. The lowest BCUT2D eigenvalue weighted by Gasteiger charge is -2.44. The quantitative estimate of drug-likeness (QED) is 0.863. The van der Waals surface area contributed by atoms with Gasteiger partial charge in [-0.05, 0) is 50.0 Å². The van der Waals surface area contributed by atoms with Crippen molar-refractivity contribution in [2.24, 2.45) is 5.92 Å². The number of methoxy groups -OCH3 is 1. The highest BCUT2D eigenvalue weighted by Gasteiger charge is 2.35. The van der Waals surface area contributed by atoms with Crippen molar-refractivity contribution in [2.75, 3.05) is 26.7 Å². The summed E-state index contributed by atoms with van der Waals surface area (Å²) >= 11 is 0. The maximum atomic E-state index is 14.1. The maximum Gasteiger partial charge on any atom is 0.233 e. The van der Waals surface area contributed by atoms with E-state index in [4.69, 9.17) is 9.47 Å². The number of piperidine rings is 3. The first-order valence-corrected chi connectivity index (χ1v) is 8.29. The van der Waals surface area contributed by atoms with Gasteiger partial charge >= 0.3 is 0 Å². The normalized spacial score (nSPS) is 25.5. The molecular weight excluding hydrogens is 309 g/mol. The molecule has 1 atom stereocenters. The van der Waals surface area contributed by atoms with E-state index in [1.807, 2.05) is 0 Å². The molecule has 3 saturated heterocycles. The summed E-state index contributed by atoms with van der Waals surface area (Å²) in [6, 6.07) is 8.20. The molecule has 126 valence electrons. The van der Waals surface area contributed by atoms with Crippen LogP contribution >= 0.6 is 0 Å². The van der Waals surface area contributed by atoms with Crippen molar-refractivity contribution in [1.29, 1.82) is 0 Å². The Hall–Kier alpha value is -2.21. The number of hydrogen-bond donors (Lipinski definition) is 0. The van der Waals surface area contributed by atoms with Gasteiger partial charge < -0.3 is 9.47 Å². The average Bonchev–Trinajstić information content (AvgIpc) is 2.63. The molecular formula is C18H20FN3O2. The van der Waals surface area contributed by atoms with E-state index in [2.05, 4.69) is 15.1 Å². The molecule has 0 saturated carbocycles. The molecule has 0 amide bonds. The number of nitrogens with zero attached hydrogens (tertiary/aromatic N) is 3. The van der Waals surface area contributed by atoms with Gasteiger partial charge in [0.15, 0.2) is 0 Å². The molecule has 5 rings (SSSR count). The molecule has 1 aromatic heterocycles. The van der Waals surface area contributed by atoms with Gasteiger partial charge in [-0.2, -0.15) is 0 Å². The Kier molecular flexibility index (Phi) is 4.06. The molecule has 3 fully saturated rings. The topological polar surface area (TPSA) is 47.5 Å². The van der Waals surface area contributed by atoms with Crippen LogP contribution in [0.15, 0.2) is 30.3 Å². The summed E-state index contributed by atoms with van der Waals surface area (Å²) in [4.78, 5) is 2.43. The minimum Gasteiger partial charge on any atom is -0.497 e. The minimum absolute atomic E-state index is 0.186. The molecule has 0 radical (unpaired) electrons. The number of halogens is 1. The van der Waals surface area contributed by atoms with E-state index in [-0.39, 0.29) is 11.9 Å². The van der Waals surface area contributed by atoms with Gasteiger partial charge in [0.05, 0.1) is 12.8 Å². The molecule has 0 aliphatic carbocycles. The van der Waals surface area contributed by atoms with Gasteiger partial charge in [-0.1, -0.05) is 0 Å². The SMILES string of the molecule is COc1ccc(-c2ccc(OC3CN4CCC3CC4)nn2)c(F)c1. The fraction of sp³-hybridized carbons (Fsp3) is 0.444. The summed E-state index contributed by atoms with van der Waals surface area (Å²) in [5.74, 6) is 1.21. The third kappa shape index (κ3) is 2.94. The van der Waals surface area contributed by atoms with E-state index < -0.39 is 0 Å². The van der Waals surface area contributed by atoms with Crippen LogP contribution < -0.4 is 9.47 Å². The summed E-state index contributed by atoms with van der Waals surface area (Å²) in [5.41, 5.74) is 0.883. The second-order valence-corrected chi connectivity index (χ2v) is 6.40. The smallest absolute Gasteiger partial charge is 0.233 e. The van der Waals surface area contributed by atoms with E-state index in [1.54, 1.807) is 24.3 Å². The molecule has 2 aromatic rings. The molecule has 0 spiro atoms. The van der Waals surface area contributed by atoms with Crippen molar-refractivity contribution < 1.29 is 13.9 Å². The molecule has 0 N–H and O–H groups in total. The van der Waals surface area contributed by atoms with Crippen LogP contribution in [0.1, 0.15) is 12.8 Å². The van der Waals surface area contributed by atoms with Crippen LogP contribution in [0.4, 0.5) is 4.39 Å². The lowest BCUT2D eigenvalue weighted by molar-refractivity contribution is -0.0103. The van der Waals surface area contributed by atoms with Crippen molar-refractivity contribution in [3.8, 4) is 22.9 Å². The van der Waals surface area contributed by atoms with Gasteiger partial charge in [0.25, 0.3) is 0 Å². The molecule has 2 bridgehead atoms. The Morgan fingerprint density at radius 3 is 2.54 bits per heavy atom. The minimum atomic E-state index is -0.380. The zero-order chi connectivity index (χ0) is 16.5. The Morgan fingerprint density at radius 1 is 1.12 bits per heavy atom. The first kappa shape index (κ1) is 15.3. The van der Waals surface area contributed by atoms with Crippen LogP contribution in [0.3, 0.4) is 0 Å². The fourth-order valence-electron chi connectivity index (χ4n) is 3.56. The van der Waals surface area contributed by atoms with Crippen molar-refractivity contribution in [3.63, 3.8) is 0 Å². The summed E-state index contributed by atoms with van der Waals surface area (Å²) in [7, 11) is 1.51. The van der Waals surface area contributed by atoms with Crippen LogP contribution in [0.25, 0.3) is 11.3 Å². The van der Waals surface area contributed by atoms with Gasteiger partial charge in [0, 0.05) is 24.2 Å². The van der Waals surface area contributed by atoms with Gasteiger partial charge in [-0.3, -0.25) is 4.90 Å². The van der Waals surface area contributed by atoms with Gasteiger partial charge in [-0.25, -0.2) is 4.39 Å². The number of fused-ring (bicyclic) bond motifs is 3. The van der Waals surface area contributed by atoms with Crippen LogP contribution in [0.2, 0.25) is 0 Å². The third-order valence-corrected chi connectivity index (χ3v) is 4.96. The van der Waals surface area contributed by atoms with Crippen LogP contribution in [-0.2, 0) is 0 Å². The van der Waals surface area contributed by atoms with Crippen molar-refractivity contribution in [1.82, 2.24) is 15.1 Å². The zero-order valence-corrected chi connectivity index (χ0v) is 13.6. The molecule has 1 unspecified atom stereocenters. The lowest BCUT2D eigenvalue weighted by atomic mass is 9.86. The second-order valence-electron chi connectivity index (χ2n) is 6.40. The molecule has 24 heavy (non-hydrogen) atoms. The number of hydrogen-bond acceptors (Lipinski definition) is 5.